The van der Waals surface area contributed by atoms with Gasteiger partial charge in [-0.1, -0.05) is 0 Å². The zero-order chi connectivity index (χ0) is 7.40. The predicted octanol–water partition coefficient (Wildman–Crippen LogP) is 0.600. The minimum absolute atomic E-state index is 0. The third-order valence-electron chi connectivity index (χ3n) is 1.26. The van der Waals surface area contributed by atoms with Gasteiger partial charge in [0.2, 0.25) is 0 Å². The van der Waals surface area contributed by atoms with Crippen molar-refractivity contribution in [3.05, 3.63) is 24.3 Å². The molecule has 0 amide bonds. The van der Waals surface area contributed by atoms with Gasteiger partial charge >= 0.3 is 0 Å². The summed E-state index contributed by atoms with van der Waals surface area (Å²) in [5.41, 5.74) is 3.40. The first-order valence-corrected chi connectivity index (χ1v) is 2.97. The minimum Gasteiger partial charge on any atom is -0.497 e. The van der Waals surface area contributed by atoms with Crippen molar-refractivity contribution < 1.29 is 4.74 Å². The van der Waals surface area contributed by atoms with Gasteiger partial charge < -0.3 is 10.2 Å². The molecule has 0 aromatic heterocycles. The van der Waals surface area contributed by atoms with E-state index in [0.717, 1.165) is 11.4 Å². The number of nitrogens with one attached hydrogen (secondary N) is 1. The van der Waals surface area contributed by atoms with E-state index in [2.05, 4.69) is 5.43 Å². The summed E-state index contributed by atoms with van der Waals surface area (Å²) in [5, 5.41) is 0. The molecule has 0 fully saturated rings. The Labute approximate surface area is 88.2 Å². The van der Waals surface area contributed by atoms with Gasteiger partial charge in [0.25, 0.3) is 0 Å². The average Bonchev–Trinajstić information content (AvgIpc) is 2.05. The second-order valence-electron chi connectivity index (χ2n) is 1.87. The van der Waals surface area contributed by atoms with E-state index in [-0.39, 0.29) is 29.6 Å². The molecule has 1 aromatic rings. The SMILES string of the molecule is COc1ccc(NN)cc1.[Na]. The zero-order valence-corrected chi connectivity index (χ0v) is 8.79. The molecule has 0 bridgehead atoms. The van der Waals surface area contributed by atoms with Gasteiger partial charge in [0.1, 0.15) is 5.75 Å². The van der Waals surface area contributed by atoms with E-state index < -0.39 is 0 Å². The number of benzene rings is 1. The fourth-order valence-corrected chi connectivity index (χ4v) is 0.687. The van der Waals surface area contributed by atoms with Crippen molar-refractivity contribution in [1.29, 1.82) is 0 Å². The second-order valence-corrected chi connectivity index (χ2v) is 1.87. The molecular formula is C7H10N2NaO. The van der Waals surface area contributed by atoms with E-state index in [1.54, 1.807) is 7.11 Å². The largest absolute Gasteiger partial charge is 0.497 e. The quantitative estimate of drug-likeness (QED) is 0.379. The van der Waals surface area contributed by atoms with Gasteiger partial charge in [0, 0.05) is 35.2 Å². The number of hydrogen-bond donors (Lipinski definition) is 2. The summed E-state index contributed by atoms with van der Waals surface area (Å²) in [6, 6.07) is 7.38. The molecule has 0 spiro atoms. The molecule has 55 valence electrons. The molecule has 1 radical (unpaired) electrons. The fourth-order valence-electron chi connectivity index (χ4n) is 0.687. The molecule has 11 heavy (non-hydrogen) atoms. The summed E-state index contributed by atoms with van der Waals surface area (Å²) in [6.07, 6.45) is 0. The Morgan fingerprint density at radius 3 is 2.18 bits per heavy atom. The molecule has 0 saturated heterocycles. The summed E-state index contributed by atoms with van der Waals surface area (Å²) in [7, 11) is 1.63. The molecule has 0 saturated carbocycles. The maximum absolute atomic E-state index is 5.15. The second kappa shape index (κ2) is 5.43. The Balaban J connectivity index is 0.000001000. The summed E-state index contributed by atoms with van der Waals surface area (Å²) >= 11 is 0. The number of ether oxygens (including phenoxy) is 1. The van der Waals surface area contributed by atoms with Crippen molar-refractivity contribution in [2.24, 2.45) is 5.84 Å². The Morgan fingerprint density at radius 2 is 1.82 bits per heavy atom. The van der Waals surface area contributed by atoms with E-state index >= 15 is 0 Å². The molecule has 0 unspecified atom stereocenters. The Kier molecular flexibility index (Phi) is 5.32. The van der Waals surface area contributed by atoms with Crippen LogP contribution in [0.15, 0.2) is 24.3 Å². The van der Waals surface area contributed by atoms with Crippen molar-refractivity contribution in [2.75, 3.05) is 12.5 Å². The van der Waals surface area contributed by atoms with Crippen molar-refractivity contribution >= 4 is 35.2 Å². The van der Waals surface area contributed by atoms with Gasteiger partial charge in [-0.25, -0.2) is 0 Å². The molecule has 0 aliphatic carbocycles. The third-order valence-corrected chi connectivity index (χ3v) is 1.26. The normalized spacial score (nSPS) is 8.18. The fraction of sp³-hybridized carbons (Fsp3) is 0.143. The van der Waals surface area contributed by atoms with E-state index in [4.69, 9.17) is 10.6 Å². The van der Waals surface area contributed by atoms with Crippen LogP contribution in [0.3, 0.4) is 0 Å². The van der Waals surface area contributed by atoms with Crippen molar-refractivity contribution in [3.8, 4) is 5.75 Å². The Bertz CT molecular complexity index is 177. The van der Waals surface area contributed by atoms with E-state index in [9.17, 15) is 0 Å². The van der Waals surface area contributed by atoms with E-state index in [0.29, 0.717) is 0 Å². The van der Waals surface area contributed by atoms with Gasteiger partial charge in [-0.2, -0.15) is 0 Å². The predicted molar refractivity (Wildman–Crippen MR) is 46.6 cm³/mol. The molecule has 3 N–H and O–H groups in total. The number of rotatable bonds is 2. The first-order valence-electron chi connectivity index (χ1n) is 2.97. The summed E-state index contributed by atoms with van der Waals surface area (Å²) in [4.78, 5) is 0. The van der Waals surface area contributed by atoms with Gasteiger partial charge in [-0.15, -0.1) is 0 Å². The molecule has 0 atom stereocenters. The standard InChI is InChI=1S/C7H10N2O.Na/c1-10-7-4-2-6(9-8)3-5-7;/h2-5,9H,8H2,1H3;. The first kappa shape index (κ1) is 10.8. The maximum atomic E-state index is 5.15. The van der Waals surface area contributed by atoms with Gasteiger partial charge in [-0.05, 0) is 24.3 Å². The van der Waals surface area contributed by atoms with Crippen LogP contribution in [-0.2, 0) is 0 Å². The van der Waals surface area contributed by atoms with Gasteiger partial charge in [-0.3, -0.25) is 5.84 Å². The monoisotopic (exact) mass is 161 g/mol. The molecule has 3 nitrogen and oxygen atoms in total. The van der Waals surface area contributed by atoms with Crippen LogP contribution in [0.4, 0.5) is 5.69 Å². The molecule has 0 aliphatic rings. The maximum Gasteiger partial charge on any atom is 0.119 e. The Hall–Kier alpha value is -0.220. The van der Waals surface area contributed by atoms with Crippen LogP contribution < -0.4 is 16.0 Å². The van der Waals surface area contributed by atoms with Crippen LogP contribution >= 0.6 is 0 Å². The molecule has 4 heteroatoms. The number of methoxy groups -OCH3 is 1. The van der Waals surface area contributed by atoms with Crippen molar-refractivity contribution in [3.63, 3.8) is 0 Å². The van der Waals surface area contributed by atoms with Crippen LogP contribution in [0.25, 0.3) is 0 Å². The Morgan fingerprint density at radius 1 is 1.27 bits per heavy atom. The van der Waals surface area contributed by atoms with Crippen molar-refractivity contribution in [1.82, 2.24) is 0 Å². The number of hydrazine groups is 1. The number of hydrogen-bond acceptors (Lipinski definition) is 3. The first-order chi connectivity index (χ1) is 4.86. The van der Waals surface area contributed by atoms with E-state index in [1.165, 1.54) is 0 Å². The summed E-state index contributed by atoms with van der Waals surface area (Å²) in [6.45, 7) is 0. The number of anilines is 1. The molecule has 0 heterocycles. The van der Waals surface area contributed by atoms with Crippen LogP contribution in [-0.4, -0.2) is 36.7 Å². The van der Waals surface area contributed by atoms with Crippen LogP contribution in [0.1, 0.15) is 0 Å². The van der Waals surface area contributed by atoms with Crippen LogP contribution in [0.2, 0.25) is 0 Å². The molecule has 0 aliphatic heterocycles. The number of nitrogen functional groups attached to an aromatic ring is 1. The van der Waals surface area contributed by atoms with Gasteiger partial charge in [0.15, 0.2) is 0 Å². The summed E-state index contributed by atoms with van der Waals surface area (Å²) in [5.74, 6) is 5.98. The smallest absolute Gasteiger partial charge is 0.119 e. The van der Waals surface area contributed by atoms with Crippen LogP contribution in [0, 0.1) is 0 Å². The molecule has 1 aromatic carbocycles. The zero-order valence-electron chi connectivity index (χ0n) is 6.79. The minimum atomic E-state index is 0. The van der Waals surface area contributed by atoms with Crippen molar-refractivity contribution in [2.45, 2.75) is 0 Å². The molecule has 1 rings (SSSR count). The summed E-state index contributed by atoms with van der Waals surface area (Å²) < 4.78 is 4.95. The third kappa shape index (κ3) is 3.12. The average molecular weight is 161 g/mol. The molecular weight excluding hydrogens is 151 g/mol. The van der Waals surface area contributed by atoms with Crippen LogP contribution in [0.5, 0.6) is 5.75 Å². The number of nitrogens with two attached hydrogens (primary N) is 1. The van der Waals surface area contributed by atoms with E-state index in [1.807, 2.05) is 24.3 Å². The topological polar surface area (TPSA) is 47.3 Å². The van der Waals surface area contributed by atoms with Gasteiger partial charge in [0.05, 0.1) is 7.11 Å².